The molecule has 3 aromatic rings. The maximum Gasteiger partial charge on any atom is 0.219 e. The number of carbonyl (C=O) groups excluding carboxylic acids is 1. The summed E-state index contributed by atoms with van der Waals surface area (Å²) >= 11 is 0. The minimum Gasteiger partial charge on any atom is -0.493 e. The van der Waals surface area contributed by atoms with Gasteiger partial charge in [0, 0.05) is 23.4 Å². The largest absolute Gasteiger partial charge is 0.493 e. The zero-order valence-electron chi connectivity index (χ0n) is 15.3. The molecule has 0 aliphatic heterocycles. The van der Waals surface area contributed by atoms with Gasteiger partial charge < -0.3 is 14.2 Å². The summed E-state index contributed by atoms with van der Waals surface area (Å²) < 4.78 is 17.1. The Bertz CT molecular complexity index is 892. The van der Waals surface area contributed by atoms with Crippen LogP contribution in [0.2, 0.25) is 0 Å². The molecule has 0 radical (unpaired) electrons. The second kappa shape index (κ2) is 8.85. The van der Waals surface area contributed by atoms with Crippen molar-refractivity contribution in [2.45, 2.75) is 20.5 Å². The van der Waals surface area contributed by atoms with E-state index in [9.17, 15) is 4.79 Å². The van der Waals surface area contributed by atoms with Gasteiger partial charge in [-0.1, -0.05) is 6.07 Å². The fourth-order valence-corrected chi connectivity index (χ4v) is 2.50. The Labute approximate surface area is 158 Å². The van der Waals surface area contributed by atoms with Crippen LogP contribution in [0.4, 0.5) is 0 Å². The van der Waals surface area contributed by atoms with Crippen LogP contribution in [0.25, 0.3) is 0 Å². The van der Waals surface area contributed by atoms with Crippen molar-refractivity contribution in [1.29, 1.82) is 0 Å². The molecule has 5 heteroatoms. The summed E-state index contributed by atoms with van der Waals surface area (Å²) in [6.07, 6.45) is 1.68. The van der Waals surface area contributed by atoms with E-state index in [0.29, 0.717) is 36.2 Å². The molecule has 0 amide bonds. The highest BCUT2D eigenvalue weighted by Crippen LogP contribution is 2.25. The first kappa shape index (κ1) is 18.5. The van der Waals surface area contributed by atoms with E-state index in [0.717, 1.165) is 11.3 Å². The van der Waals surface area contributed by atoms with Crippen LogP contribution in [-0.2, 0) is 6.61 Å². The molecule has 2 aromatic carbocycles. The predicted octanol–water partition coefficient (Wildman–Crippen LogP) is 5.05. The van der Waals surface area contributed by atoms with E-state index >= 15 is 0 Å². The first-order chi connectivity index (χ1) is 13.2. The van der Waals surface area contributed by atoms with E-state index in [1.165, 1.54) is 0 Å². The van der Waals surface area contributed by atoms with Crippen molar-refractivity contribution >= 4 is 5.78 Å². The van der Waals surface area contributed by atoms with E-state index in [-0.39, 0.29) is 5.78 Å². The molecule has 5 nitrogen and oxygen atoms in total. The molecule has 0 N–H and O–H groups in total. The van der Waals surface area contributed by atoms with Crippen LogP contribution in [0.1, 0.15) is 29.8 Å². The maximum absolute atomic E-state index is 11.6. The summed E-state index contributed by atoms with van der Waals surface area (Å²) in [6.45, 7) is 4.31. The smallest absolute Gasteiger partial charge is 0.219 e. The number of rotatable bonds is 8. The molecule has 0 fully saturated rings. The molecule has 1 aromatic heterocycles. The van der Waals surface area contributed by atoms with Gasteiger partial charge in [0.25, 0.3) is 0 Å². The zero-order valence-corrected chi connectivity index (χ0v) is 15.3. The molecule has 0 spiro atoms. The lowest BCUT2D eigenvalue weighted by molar-refractivity contribution is 0.101. The number of pyridine rings is 1. The molecule has 0 saturated carbocycles. The molecule has 0 aliphatic rings. The average Bonchev–Trinajstić information content (AvgIpc) is 2.69. The second-order valence-electron chi connectivity index (χ2n) is 5.84. The van der Waals surface area contributed by atoms with Crippen LogP contribution in [0, 0.1) is 0 Å². The van der Waals surface area contributed by atoms with Gasteiger partial charge in [0.1, 0.15) is 23.9 Å². The van der Waals surface area contributed by atoms with E-state index in [2.05, 4.69) is 4.98 Å². The van der Waals surface area contributed by atoms with Crippen molar-refractivity contribution in [3.8, 4) is 23.1 Å². The van der Waals surface area contributed by atoms with Crippen molar-refractivity contribution in [3.05, 3.63) is 78.0 Å². The molecule has 0 atom stereocenters. The third kappa shape index (κ3) is 5.07. The summed E-state index contributed by atoms with van der Waals surface area (Å²) in [5.74, 6) is 2.63. The third-order valence-corrected chi connectivity index (χ3v) is 3.85. The molecule has 138 valence electrons. The van der Waals surface area contributed by atoms with Crippen LogP contribution in [-0.4, -0.2) is 17.4 Å². The minimum atomic E-state index is 0.00956. The number of nitrogens with zero attached hydrogens (tertiary/aromatic N) is 1. The van der Waals surface area contributed by atoms with Crippen LogP contribution in [0.15, 0.2) is 66.9 Å². The molecular weight excluding hydrogens is 342 g/mol. The summed E-state index contributed by atoms with van der Waals surface area (Å²) in [7, 11) is 0. The van der Waals surface area contributed by atoms with Crippen molar-refractivity contribution < 1.29 is 19.0 Å². The summed E-state index contributed by atoms with van der Waals surface area (Å²) in [5.41, 5.74) is 1.47. The van der Waals surface area contributed by atoms with Gasteiger partial charge in [0.2, 0.25) is 5.88 Å². The SMILES string of the molecule is CCOc1ccc(C(C)=O)cc1COc1ccc(Oc2ccccn2)cc1. The number of benzene rings is 2. The van der Waals surface area contributed by atoms with E-state index in [1.807, 2.05) is 55.5 Å². The lowest BCUT2D eigenvalue weighted by Gasteiger charge is -2.13. The van der Waals surface area contributed by atoms with Gasteiger partial charge in [-0.25, -0.2) is 4.98 Å². The number of Topliss-reactive ketones (excluding diaryl/α,β-unsaturated/α-hetero) is 1. The van der Waals surface area contributed by atoms with Gasteiger partial charge in [-0.3, -0.25) is 4.79 Å². The molecule has 1 heterocycles. The Morgan fingerprint density at radius 2 is 1.74 bits per heavy atom. The first-order valence-corrected chi connectivity index (χ1v) is 8.74. The quantitative estimate of drug-likeness (QED) is 0.524. The average molecular weight is 363 g/mol. The second-order valence-corrected chi connectivity index (χ2v) is 5.84. The summed E-state index contributed by atoms with van der Waals surface area (Å²) in [5, 5.41) is 0. The van der Waals surface area contributed by atoms with Crippen molar-refractivity contribution in [2.75, 3.05) is 6.61 Å². The van der Waals surface area contributed by atoms with E-state index < -0.39 is 0 Å². The molecule has 27 heavy (non-hydrogen) atoms. The van der Waals surface area contributed by atoms with Gasteiger partial charge in [-0.05, 0) is 62.4 Å². The first-order valence-electron chi connectivity index (χ1n) is 8.74. The minimum absolute atomic E-state index is 0.00956. The van der Waals surface area contributed by atoms with E-state index in [4.69, 9.17) is 14.2 Å². The van der Waals surface area contributed by atoms with Gasteiger partial charge >= 0.3 is 0 Å². The van der Waals surface area contributed by atoms with Gasteiger partial charge in [-0.2, -0.15) is 0 Å². The molecule has 0 unspecified atom stereocenters. The fraction of sp³-hybridized carbons (Fsp3) is 0.182. The van der Waals surface area contributed by atoms with Crippen LogP contribution >= 0.6 is 0 Å². The van der Waals surface area contributed by atoms with Gasteiger partial charge in [0.05, 0.1) is 6.61 Å². The molecule has 0 aliphatic carbocycles. The van der Waals surface area contributed by atoms with E-state index in [1.54, 1.807) is 25.3 Å². The Morgan fingerprint density at radius 1 is 0.963 bits per heavy atom. The predicted molar refractivity (Wildman–Crippen MR) is 103 cm³/mol. The molecular formula is C22H21NO4. The third-order valence-electron chi connectivity index (χ3n) is 3.85. The highest BCUT2D eigenvalue weighted by Gasteiger charge is 2.09. The zero-order chi connectivity index (χ0) is 19.1. The maximum atomic E-state index is 11.6. The number of hydrogen-bond acceptors (Lipinski definition) is 5. The number of aromatic nitrogens is 1. The summed E-state index contributed by atoms with van der Waals surface area (Å²) in [4.78, 5) is 15.8. The molecule has 0 saturated heterocycles. The number of ketones is 1. The molecule has 3 rings (SSSR count). The van der Waals surface area contributed by atoms with Crippen LogP contribution in [0.5, 0.6) is 23.1 Å². The lowest BCUT2D eigenvalue weighted by atomic mass is 10.1. The number of hydrogen-bond donors (Lipinski definition) is 0. The van der Waals surface area contributed by atoms with Crippen molar-refractivity contribution in [2.24, 2.45) is 0 Å². The summed E-state index contributed by atoms with van der Waals surface area (Å²) in [6, 6.07) is 18.2. The Balaban J connectivity index is 1.67. The lowest BCUT2D eigenvalue weighted by Crippen LogP contribution is -2.03. The number of carbonyl (C=O) groups is 1. The topological polar surface area (TPSA) is 57.7 Å². The van der Waals surface area contributed by atoms with Crippen molar-refractivity contribution in [1.82, 2.24) is 4.98 Å². The fourth-order valence-electron chi connectivity index (χ4n) is 2.50. The number of ether oxygens (including phenoxy) is 3. The van der Waals surface area contributed by atoms with Crippen LogP contribution < -0.4 is 14.2 Å². The molecule has 0 bridgehead atoms. The highest BCUT2D eigenvalue weighted by molar-refractivity contribution is 5.94. The Morgan fingerprint density at radius 3 is 2.41 bits per heavy atom. The standard InChI is InChI=1S/C22H21NO4/c1-3-25-21-12-7-17(16(2)24)14-18(21)15-26-19-8-10-20(11-9-19)27-22-6-4-5-13-23-22/h4-14H,3,15H2,1-2H3. The van der Waals surface area contributed by atoms with Crippen LogP contribution in [0.3, 0.4) is 0 Å². The normalized spacial score (nSPS) is 10.3. The monoisotopic (exact) mass is 363 g/mol. The Kier molecular flexibility index (Phi) is 6.05. The highest BCUT2D eigenvalue weighted by atomic mass is 16.5. The van der Waals surface area contributed by atoms with Gasteiger partial charge in [0.15, 0.2) is 5.78 Å². The van der Waals surface area contributed by atoms with Gasteiger partial charge in [-0.15, -0.1) is 0 Å². The van der Waals surface area contributed by atoms with Crippen molar-refractivity contribution in [3.63, 3.8) is 0 Å². The Hall–Kier alpha value is -3.34.